The summed E-state index contributed by atoms with van der Waals surface area (Å²) in [7, 11) is 0. The summed E-state index contributed by atoms with van der Waals surface area (Å²) < 4.78 is 7.15. The van der Waals surface area contributed by atoms with E-state index in [1.807, 2.05) is 24.3 Å². The summed E-state index contributed by atoms with van der Waals surface area (Å²) in [6, 6.07) is 17.5. The van der Waals surface area contributed by atoms with E-state index in [4.69, 9.17) is 4.74 Å². The molecule has 4 rings (SSSR count). The van der Waals surface area contributed by atoms with Crippen molar-refractivity contribution >= 4 is 33.0 Å². The fourth-order valence-electron chi connectivity index (χ4n) is 2.62. The normalized spacial score (nSPS) is 10.7. The van der Waals surface area contributed by atoms with Gasteiger partial charge in [0.1, 0.15) is 11.4 Å². The molecule has 2 heterocycles. The fourth-order valence-corrected chi connectivity index (χ4v) is 3.67. The van der Waals surface area contributed by atoms with Crippen LogP contribution < -0.4 is 10.1 Å². The van der Waals surface area contributed by atoms with Crippen molar-refractivity contribution in [3.63, 3.8) is 0 Å². The molecule has 0 radical (unpaired) electrons. The van der Waals surface area contributed by atoms with E-state index in [9.17, 15) is 4.79 Å². The molecule has 0 aliphatic heterocycles. The number of benzene rings is 2. The van der Waals surface area contributed by atoms with E-state index in [0.29, 0.717) is 23.0 Å². The average molecular weight is 361 g/mol. The Balaban J connectivity index is 1.69. The molecular formula is C20H15N3O2S. The number of carbonyl (C=O) groups excluding carboxylic acids is 1. The van der Waals surface area contributed by atoms with Crippen LogP contribution in [-0.2, 0) is 4.79 Å². The van der Waals surface area contributed by atoms with Gasteiger partial charge in [-0.1, -0.05) is 24.3 Å². The molecule has 1 N–H and O–H groups in total. The highest BCUT2D eigenvalue weighted by atomic mass is 32.1. The monoisotopic (exact) mass is 361 g/mol. The minimum Gasteiger partial charge on any atom is -0.437 e. The van der Waals surface area contributed by atoms with E-state index in [1.54, 1.807) is 35.9 Å². The number of anilines is 1. The van der Waals surface area contributed by atoms with Gasteiger partial charge in [-0.25, -0.2) is 9.97 Å². The Labute approximate surface area is 154 Å². The predicted octanol–water partition coefficient (Wildman–Crippen LogP) is 5.11. The number of nitrogens with zero attached hydrogens (tertiary/aromatic N) is 2. The third-order valence-electron chi connectivity index (χ3n) is 3.69. The largest absolute Gasteiger partial charge is 0.437 e. The van der Waals surface area contributed by atoms with E-state index in [2.05, 4.69) is 33.5 Å². The third-order valence-corrected chi connectivity index (χ3v) is 4.82. The molecule has 128 valence electrons. The van der Waals surface area contributed by atoms with Crippen LogP contribution in [0.25, 0.3) is 20.7 Å². The van der Waals surface area contributed by atoms with Crippen molar-refractivity contribution < 1.29 is 9.53 Å². The molecule has 0 fully saturated rings. The van der Waals surface area contributed by atoms with Gasteiger partial charge in [0.25, 0.3) is 0 Å². The second-order valence-corrected chi connectivity index (χ2v) is 6.75. The summed E-state index contributed by atoms with van der Waals surface area (Å²) in [5, 5.41) is 3.91. The maximum Gasteiger partial charge on any atom is 0.246 e. The molecule has 0 aliphatic carbocycles. The lowest BCUT2D eigenvalue weighted by atomic mass is 10.2. The minimum atomic E-state index is -0.132. The number of thiophene rings is 1. The Morgan fingerprint density at radius 1 is 1.04 bits per heavy atom. The van der Waals surface area contributed by atoms with E-state index < -0.39 is 0 Å². The molecule has 0 spiro atoms. The van der Waals surface area contributed by atoms with Crippen LogP contribution in [0.3, 0.4) is 0 Å². The molecule has 2 aromatic carbocycles. The standard InChI is InChI=1S/C20H15N3O2S/c1-13(24)23-15-6-4-7-16(12-15)25-20-19(21-9-10-22-20)18-11-14-5-2-3-8-17(14)26-18/h2-12H,1H3,(H,23,24). The summed E-state index contributed by atoms with van der Waals surface area (Å²) in [5.74, 6) is 0.880. The fraction of sp³-hybridized carbons (Fsp3) is 0.0500. The Hall–Kier alpha value is -3.25. The van der Waals surface area contributed by atoms with Gasteiger partial charge >= 0.3 is 0 Å². The number of fused-ring (bicyclic) bond motifs is 1. The Morgan fingerprint density at radius 3 is 2.73 bits per heavy atom. The van der Waals surface area contributed by atoms with Crippen LogP contribution >= 0.6 is 11.3 Å². The van der Waals surface area contributed by atoms with Crippen LogP contribution in [0.4, 0.5) is 5.69 Å². The average Bonchev–Trinajstić information content (AvgIpc) is 3.06. The van der Waals surface area contributed by atoms with Gasteiger partial charge in [0, 0.05) is 35.8 Å². The maximum absolute atomic E-state index is 11.2. The number of aromatic nitrogens is 2. The number of ether oxygens (including phenoxy) is 1. The molecule has 1 amide bonds. The topological polar surface area (TPSA) is 64.1 Å². The molecular weight excluding hydrogens is 346 g/mol. The minimum absolute atomic E-state index is 0.132. The van der Waals surface area contributed by atoms with Gasteiger partial charge in [0.15, 0.2) is 0 Å². The number of hydrogen-bond acceptors (Lipinski definition) is 5. The van der Waals surface area contributed by atoms with Crippen molar-refractivity contribution in [3.8, 4) is 22.2 Å². The lowest BCUT2D eigenvalue weighted by molar-refractivity contribution is -0.114. The van der Waals surface area contributed by atoms with Crippen molar-refractivity contribution in [1.29, 1.82) is 0 Å². The van der Waals surface area contributed by atoms with E-state index in [1.165, 1.54) is 11.6 Å². The van der Waals surface area contributed by atoms with Crippen LogP contribution in [0, 0.1) is 0 Å². The summed E-state index contributed by atoms with van der Waals surface area (Å²) in [5.41, 5.74) is 1.36. The molecule has 0 unspecified atom stereocenters. The van der Waals surface area contributed by atoms with Gasteiger partial charge in [0.05, 0.1) is 4.88 Å². The molecule has 0 saturated heterocycles. The highest BCUT2D eigenvalue weighted by Crippen LogP contribution is 2.37. The van der Waals surface area contributed by atoms with Crippen LogP contribution in [0.2, 0.25) is 0 Å². The van der Waals surface area contributed by atoms with Crippen LogP contribution in [0.1, 0.15) is 6.92 Å². The number of amides is 1. The van der Waals surface area contributed by atoms with Gasteiger partial charge in [-0.3, -0.25) is 4.79 Å². The van der Waals surface area contributed by atoms with Crippen molar-refractivity contribution in [1.82, 2.24) is 9.97 Å². The lowest BCUT2D eigenvalue weighted by Crippen LogP contribution is -2.05. The van der Waals surface area contributed by atoms with Gasteiger partial charge in [-0.05, 0) is 29.7 Å². The summed E-state index contributed by atoms with van der Waals surface area (Å²) >= 11 is 1.65. The Kier molecular flexibility index (Phi) is 4.33. The van der Waals surface area contributed by atoms with E-state index >= 15 is 0 Å². The molecule has 5 nitrogen and oxygen atoms in total. The van der Waals surface area contributed by atoms with E-state index in [0.717, 1.165) is 10.3 Å². The van der Waals surface area contributed by atoms with Crippen LogP contribution in [0.15, 0.2) is 67.0 Å². The van der Waals surface area contributed by atoms with Crippen LogP contribution in [-0.4, -0.2) is 15.9 Å². The second-order valence-electron chi connectivity index (χ2n) is 5.67. The van der Waals surface area contributed by atoms with Gasteiger partial charge in [-0.2, -0.15) is 0 Å². The number of rotatable bonds is 4. The van der Waals surface area contributed by atoms with Gasteiger partial charge < -0.3 is 10.1 Å². The van der Waals surface area contributed by atoms with E-state index in [-0.39, 0.29) is 5.91 Å². The quantitative estimate of drug-likeness (QED) is 0.549. The summed E-state index contributed by atoms with van der Waals surface area (Å²) in [6.07, 6.45) is 3.25. The first kappa shape index (κ1) is 16.2. The van der Waals surface area contributed by atoms with Gasteiger partial charge in [-0.15, -0.1) is 11.3 Å². The summed E-state index contributed by atoms with van der Waals surface area (Å²) in [6.45, 7) is 1.47. The first-order chi connectivity index (χ1) is 12.7. The van der Waals surface area contributed by atoms with Gasteiger partial charge in [0.2, 0.25) is 11.8 Å². The van der Waals surface area contributed by atoms with Crippen molar-refractivity contribution in [3.05, 3.63) is 67.0 Å². The predicted molar refractivity (Wildman–Crippen MR) is 104 cm³/mol. The number of nitrogens with one attached hydrogen (secondary N) is 1. The Bertz CT molecular complexity index is 1060. The molecule has 0 atom stereocenters. The highest BCUT2D eigenvalue weighted by molar-refractivity contribution is 7.22. The highest BCUT2D eigenvalue weighted by Gasteiger charge is 2.13. The first-order valence-corrected chi connectivity index (χ1v) is 8.86. The zero-order chi connectivity index (χ0) is 17.9. The Morgan fingerprint density at radius 2 is 1.88 bits per heavy atom. The molecule has 0 saturated carbocycles. The smallest absolute Gasteiger partial charge is 0.246 e. The molecule has 0 aliphatic rings. The van der Waals surface area contributed by atoms with Crippen molar-refractivity contribution in [2.75, 3.05) is 5.32 Å². The molecule has 2 aromatic heterocycles. The molecule has 0 bridgehead atoms. The van der Waals surface area contributed by atoms with Crippen molar-refractivity contribution in [2.24, 2.45) is 0 Å². The molecule has 4 aromatic rings. The molecule has 6 heteroatoms. The zero-order valence-electron chi connectivity index (χ0n) is 14.0. The SMILES string of the molecule is CC(=O)Nc1cccc(Oc2nccnc2-c2cc3ccccc3s2)c1. The zero-order valence-corrected chi connectivity index (χ0v) is 14.8. The summed E-state index contributed by atoms with van der Waals surface area (Å²) in [4.78, 5) is 21.0. The third kappa shape index (κ3) is 3.41. The van der Waals surface area contributed by atoms with Crippen molar-refractivity contribution in [2.45, 2.75) is 6.92 Å². The number of hydrogen-bond donors (Lipinski definition) is 1. The van der Waals surface area contributed by atoms with Crippen LogP contribution in [0.5, 0.6) is 11.6 Å². The lowest BCUT2D eigenvalue weighted by Gasteiger charge is -2.09. The first-order valence-electron chi connectivity index (χ1n) is 8.04. The number of carbonyl (C=O) groups is 1. The maximum atomic E-state index is 11.2. The molecule has 26 heavy (non-hydrogen) atoms. The second kappa shape index (κ2) is 6.93.